The standard InChI is InChI=1S/C26H28N2O7/c1-3-34-25(32)22(23(29)28-13-12-16(15(28)2)24(30)31)27-26(33)35-14-21-19-10-6-4-8-17(19)18-9-5-7-11-20(18)21/h4-11,15-16,21-22H,3,12-14H2,1-2H3,(H,27,33)(H,30,31). The summed E-state index contributed by atoms with van der Waals surface area (Å²) in [6, 6.07) is 13.5. The summed E-state index contributed by atoms with van der Waals surface area (Å²) < 4.78 is 10.5. The minimum absolute atomic E-state index is 0.0162. The minimum atomic E-state index is -1.62. The average Bonchev–Trinajstić information content (AvgIpc) is 3.39. The van der Waals surface area contributed by atoms with E-state index in [0.29, 0.717) is 0 Å². The van der Waals surface area contributed by atoms with Gasteiger partial charge in [-0.3, -0.25) is 14.9 Å². The van der Waals surface area contributed by atoms with Crippen LogP contribution < -0.4 is 5.32 Å². The molecule has 1 heterocycles. The number of carboxylic acid groups (broad SMARTS) is 1. The lowest BCUT2D eigenvalue weighted by Gasteiger charge is -2.27. The lowest BCUT2D eigenvalue weighted by atomic mass is 9.98. The van der Waals surface area contributed by atoms with Crippen molar-refractivity contribution in [3.63, 3.8) is 0 Å². The summed E-state index contributed by atoms with van der Waals surface area (Å²) in [5, 5.41) is 11.7. The zero-order valence-electron chi connectivity index (χ0n) is 19.6. The summed E-state index contributed by atoms with van der Waals surface area (Å²) in [6.45, 7) is 3.40. The molecule has 1 saturated heterocycles. The molecule has 1 aliphatic heterocycles. The van der Waals surface area contributed by atoms with Crippen LogP contribution in [0.1, 0.15) is 37.3 Å². The molecule has 2 aromatic rings. The van der Waals surface area contributed by atoms with Gasteiger partial charge in [-0.1, -0.05) is 48.5 Å². The molecule has 3 unspecified atom stereocenters. The van der Waals surface area contributed by atoms with Crippen molar-refractivity contribution in [1.82, 2.24) is 10.2 Å². The largest absolute Gasteiger partial charge is 0.481 e. The van der Waals surface area contributed by atoms with Crippen LogP contribution in [0.4, 0.5) is 4.79 Å². The summed E-state index contributed by atoms with van der Waals surface area (Å²) in [7, 11) is 0. The van der Waals surface area contributed by atoms with Gasteiger partial charge in [-0.05, 0) is 42.5 Å². The van der Waals surface area contributed by atoms with Crippen LogP contribution in [0.2, 0.25) is 0 Å². The molecule has 2 aliphatic rings. The Morgan fingerprint density at radius 3 is 2.17 bits per heavy atom. The second kappa shape index (κ2) is 10.2. The molecule has 0 saturated carbocycles. The maximum absolute atomic E-state index is 13.1. The topological polar surface area (TPSA) is 122 Å². The summed E-state index contributed by atoms with van der Waals surface area (Å²) in [6.07, 6.45) is -0.664. The van der Waals surface area contributed by atoms with Gasteiger partial charge in [-0.2, -0.15) is 0 Å². The fourth-order valence-electron chi connectivity index (χ4n) is 4.95. The summed E-state index contributed by atoms with van der Waals surface area (Å²) in [5.74, 6) is -3.56. The van der Waals surface area contributed by atoms with E-state index in [1.165, 1.54) is 4.90 Å². The number of carbonyl (C=O) groups excluding carboxylic acids is 3. The molecule has 1 aliphatic carbocycles. The zero-order valence-corrected chi connectivity index (χ0v) is 19.6. The van der Waals surface area contributed by atoms with Crippen molar-refractivity contribution < 1.29 is 33.8 Å². The van der Waals surface area contributed by atoms with E-state index in [2.05, 4.69) is 5.32 Å². The first-order valence-electron chi connectivity index (χ1n) is 11.6. The lowest BCUT2D eigenvalue weighted by Crippen LogP contribution is -2.54. The van der Waals surface area contributed by atoms with Crippen LogP contribution in [0, 0.1) is 5.92 Å². The number of likely N-dealkylation sites (tertiary alicyclic amines) is 1. The van der Waals surface area contributed by atoms with E-state index in [1.54, 1.807) is 13.8 Å². The fraction of sp³-hybridized carbons (Fsp3) is 0.385. The van der Waals surface area contributed by atoms with Gasteiger partial charge >= 0.3 is 18.0 Å². The monoisotopic (exact) mass is 480 g/mol. The highest BCUT2D eigenvalue weighted by atomic mass is 16.6. The Bertz CT molecular complexity index is 1100. The van der Waals surface area contributed by atoms with E-state index in [9.17, 15) is 24.3 Å². The summed E-state index contributed by atoms with van der Waals surface area (Å²) >= 11 is 0. The van der Waals surface area contributed by atoms with Crippen molar-refractivity contribution in [1.29, 1.82) is 0 Å². The Balaban J connectivity index is 1.46. The van der Waals surface area contributed by atoms with Crippen LogP contribution in [0.15, 0.2) is 48.5 Å². The predicted molar refractivity (Wildman–Crippen MR) is 126 cm³/mol. The van der Waals surface area contributed by atoms with Crippen LogP contribution in [0.3, 0.4) is 0 Å². The van der Waals surface area contributed by atoms with Crippen molar-refractivity contribution in [3.05, 3.63) is 59.7 Å². The van der Waals surface area contributed by atoms with E-state index < -0.39 is 41.9 Å². The number of nitrogens with one attached hydrogen (secondary N) is 1. The average molecular weight is 481 g/mol. The van der Waals surface area contributed by atoms with Crippen LogP contribution >= 0.6 is 0 Å². The van der Waals surface area contributed by atoms with Crippen molar-refractivity contribution in [3.8, 4) is 11.1 Å². The highest BCUT2D eigenvalue weighted by molar-refractivity contribution is 6.04. The van der Waals surface area contributed by atoms with E-state index in [1.807, 2.05) is 48.5 Å². The number of carbonyl (C=O) groups is 4. The van der Waals surface area contributed by atoms with Crippen molar-refractivity contribution >= 4 is 23.9 Å². The molecule has 2 N–H and O–H groups in total. The first-order valence-corrected chi connectivity index (χ1v) is 11.6. The number of aliphatic carboxylic acids is 1. The quantitative estimate of drug-likeness (QED) is 0.462. The number of ether oxygens (including phenoxy) is 2. The number of hydrogen-bond donors (Lipinski definition) is 2. The number of rotatable bonds is 7. The molecule has 2 aromatic carbocycles. The molecule has 0 bridgehead atoms. The molecular formula is C26H28N2O7. The molecule has 0 spiro atoms. The molecule has 0 aromatic heterocycles. The third-order valence-electron chi connectivity index (χ3n) is 6.73. The van der Waals surface area contributed by atoms with Crippen molar-refractivity contribution in [2.75, 3.05) is 19.8 Å². The zero-order chi connectivity index (χ0) is 25.1. The Labute approximate surface area is 203 Å². The van der Waals surface area contributed by atoms with Crippen LogP contribution in [0.25, 0.3) is 11.1 Å². The number of benzene rings is 2. The second-order valence-corrected chi connectivity index (χ2v) is 8.66. The van der Waals surface area contributed by atoms with Gasteiger partial charge in [0.15, 0.2) is 0 Å². The molecule has 1 fully saturated rings. The van der Waals surface area contributed by atoms with E-state index in [4.69, 9.17) is 9.47 Å². The van der Waals surface area contributed by atoms with Gasteiger partial charge in [0.2, 0.25) is 6.04 Å². The van der Waals surface area contributed by atoms with Gasteiger partial charge in [0, 0.05) is 18.5 Å². The van der Waals surface area contributed by atoms with Gasteiger partial charge in [-0.15, -0.1) is 0 Å². The van der Waals surface area contributed by atoms with Crippen molar-refractivity contribution in [2.45, 2.75) is 38.3 Å². The molecule has 2 amide bonds. The molecule has 0 radical (unpaired) electrons. The normalized spacial score (nSPS) is 19.4. The Morgan fingerprint density at radius 1 is 1.03 bits per heavy atom. The number of amides is 2. The van der Waals surface area contributed by atoms with Gasteiger partial charge in [0.05, 0.1) is 12.5 Å². The molecule has 35 heavy (non-hydrogen) atoms. The predicted octanol–water partition coefficient (Wildman–Crippen LogP) is 2.78. The van der Waals surface area contributed by atoms with Gasteiger partial charge < -0.3 is 19.5 Å². The molecular weight excluding hydrogens is 452 g/mol. The Morgan fingerprint density at radius 2 is 1.63 bits per heavy atom. The Kier molecular flexibility index (Phi) is 7.04. The first-order chi connectivity index (χ1) is 16.8. The fourth-order valence-corrected chi connectivity index (χ4v) is 4.95. The smallest absolute Gasteiger partial charge is 0.408 e. The number of fused-ring (bicyclic) bond motifs is 3. The number of hydrogen-bond acceptors (Lipinski definition) is 6. The number of alkyl carbamates (subject to hydrolysis) is 1. The molecule has 9 heteroatoms. The lowest BCUT2D eigenvalue weighted by molar-refractivity contribution is -0.152. The maximum Gasteiger partial charge on any atom is 0.408 e. The van der Waals surface area contributed by atoms with E-state index in [-0.39, 0.29) is 32.1 Å². The molecule has 9 nitrogen and oxygen atoms in total. The minimum Gasteiger partial charge on any atom is -0.481 e. The van der Waals surface area contributed by atoms with E-state index >= 15 is 0 Å². The van der Waals surface area contributed by atoms with Gasteiger partial charge in [0.25, 0.3) is 5.91 Å². The van der Waals surface area contributed by atoms with E-state index in [0.717, 1.165) is 22.3 Å². The van der Waals surface area contributed by atoms with Crippen LogP contribution in [-0.2, 0) is 23.9 Å². The summed E-state index contributed by atoms with van der Waals surface area (Å²) in [5.41, 5.74) is 4.22. The number of esters is 1. The maximum atomic E-state index is 13.1. The molecule has 4 rings (SSSR count). The SMILES string of the molecule is CCOC(=O)C(NC(=O)OCC1c2ccccc2-c2ccccc21)C(=O)N1CCC(C(=O)O)C1C. The highest BCUT2D eigenvalue weighted by Crippen LogP contribution is 2.44. The van der Waals surface area contributed by atoms with Gasteiger partial charge in [0.1, 0.15) is 6.61 Å². The molecule has 184 valence electrons. The number of carboxylic acids is 1. The third kappa shape index (κ3) is 4.71. The van der Waals surface area contributed by atoms with Gasteiger partial charge in [-0.25, -0.2) is 9.59 Å². The second-order valence-electron chi connectivity index (χ2n) is 8.66. The highest BCUT2D eigenvalue weighted by Gasteiger charge is 2.43. The number of nitrogens with zero attached hydrogens (tertiary/aromatic N) is 1. The summed E-state index contributed by atoms with van der Waals surface area (Å²) in [4.78, 5) is 51.1. The Hall–Kier alpha value is -3.88. The van der Waals surface area contributed by atoms with Crippen LogP contribution in [-0.4, -0.2) is 65.8 Å². The molecule has 3 atom stereocenters. The first kappa shape index (κ1) is 24.3. The van der Waals surface area contributed by atoms with Crippen LogP contribution in [0.5, 0.6) is 0 Å². The van der Waals surface area contributed by atoms with Crippen molar-refractivity contribution in [2.24, 2.45) is 5.92 Å². The third-order valence-corrected chi connectivity index (χ3v) is 6.73.